The highest BCUT2D eigenvalue weighted by atomic mass is 35.5. The number of nitrogens with zero attached hydrogens (tertiary/aromatic N) is 3. The van der Waals surface area contributed by atoms with E-state index in [0.717, 1.165) is 11.1 Å². The van der Waals surface area contributed by atoms with Gasteiger partial charge in [-0.25, -0.2) is 14.5 Å². The van der Waals surface area contributed by atoms with Crippen molar-refractivity contribution in [2.75, 3.05) is 0 Å². The number of benzene rings is 2. The first-order chi connectivity index (χ1) is 11.1. The Morgan fingerprint density at radius 1 is 1.22 bits per heavy atom. The van der Waals surface area contributed by atoms with E-state index in [1.165, 1.54) is 6.33 Å². The number of rotatable bonds is 4. The topological polar surface area (TPSA) is 57.0 Å². The van der Waals surface area contributed by atoms with Crippen molar-refractivity contribution in [3.05, 3.63) is 76.8 Å². The molecule has 3 rings (SSSR count). The molecule has 0 fully saturated rings. The number of esters is 1. The molecule has 0 spiro atoms. The Hall–Kier alpha value is -2.66. The molecule has 1 heterocycles. The molecule has 5 nitrogen and oxygen atoms in total. The quantitative estimate of drug-likeness (QED) is 0.543. The maximum absolute atomic E-state index is 12.2. The molecule has 116 valence electrons. The van der Waals surface area contributed by atoms with Crippen LogP contribution in [0.15, 0.2) is 55.1 Å². The fourth-order valence-electron chi connectivity index (χ4n) is 2.13. The first-order valence-corrected chi connectivity index (χ1v) is 7.39. The Kier molecular flexibility index (Phi) is 4.39. The Bertz CT molecular complexity index is 814. The third kappa shape index (κ3) is 3.76. The summed E-state index contributed by atoms with van der Waals surface area (Å²) in [7, 11) is 0. The number of hydrogen-bond acceptors (Lipinski definition) is 4. The molecular formula is C17H14ClN3O2. The van der Waals surface area contributed by atoms with E-state index in [4.69, 9.17) is 16.3 Å². The second-order valence-corrected chi connectivity index (χ2v) is 5.53. The predicted molar refractivity (Wildman–Crippen MR) is 86.7 cm³/mol. The monoisotopic (exact) mass is 327 g/mol. The second kappa shape index (κ2) is 6.62. The summed E-state index contributed by atoms with van der Waals surface area (Å²) < 4.78 is 7.12. The van der Waals surface area contributed by atoms with E-state index < -0.39 is 5.97 Å². The van der Waals surface area contributed by atoms with Gasteiger partial charge in [0.1, 0.15) is 18.4 Å². The van der Waals surface area contributed by atoms with Crippen LogP contribution >= 0.6 is 11.6 Å². The number of aromatic nitrogens is 3. The van der Waals surface area contributed by atoms with E-state index in [9.17, 15) is 4.79 Å². The van der Waals surface area contributed by atoms with Crippen LogP contribution < -0.4 is 4.74 Å². The molecule has 0 atom stereocenters. The molecule has 0 N–H and O–H groups in total. The van der Waals surface area contributed by atoms with Crippen molar-refractivity contribution in [2.24, 2.45) is 0 Å². The fourth-order valence-corrected chi connectivity index (χ4v) is 2.36. The van der Waals surface area contributed by atoms with Crippen molar-refractivity contribution in [1.29, 1.82) is 0 Å². The molecular weight excluding hydrogens is 314 g/mol. The van der Waals surface area contributed by atoms with Gasteiger partial charge < -0.3 is 4.74 Å². The van der Waals surface area contributed by atoms with Gasteiger partial charge in [0.2, 0.25) is 0 Å². The summed E-state index contributed by atoms with van der Waals surface area (Å²) >= 11 is 5.89. The van der Waals surface area contributed by atoms with E-state index in [0.29, 0.717) is 22.9 Å². The molecule has 0 saturated carbocycles. The van der Waals surface area contributed by atoms with Crippen LogP contribution in [0.5, 0.6) is 5.75 Å². The standard InChI is InChI=1S/C17H14ClN3O2/c1-12-8-15(18)6-7-16(12)23-17(22)14-4-2-13(3-5-14)9-21-11-19-10-20-21/h2-8,10-11H,9H2,1H3. The van der Waals surface area contributed by atoms with Gasteiger partial charge in [-0.3, -0.25) is 0 Å². The molecule has 0 unspecified atom stereocenters. The van der Waals surface area contributed by atoms with Crippen molar-refractivity contribution < 1.29 is 9.53 Å². The van der Waals surface area contributed by atoms with Crippen LogP contribution in [0.4, 0.5) is 0 Å². The lowest BCUT2D eigenvalue weighted by molar-refractivity contribution is 0.0733. The summed E-state index contributed by atoms with van der Waals surface area (Å²) in [4.78, 5) is 16.1. The van der Waals surface area contributed by atoms with Crippen molar-refractivity contribution in [3.63, 3.8) is 0 Å². The SMILES string of the molecule is Cc1cc(Cl)ccc1OC(=O)c1ccc(Cn2cncn2)cc1. The van der Waals surface area contributed by atoms with Crippen LogP contribution in [0.25, 0.3) is 0 Å². The van der Waals surface area contributed by atoms with E-state index in [-0.39, 0.29) is 0 Å². The molecule has 0 aliphatic heterocycles. The Morgan fingerprint density at radius 2 is 2.00 bits per heavy atom. The molecule has 2 aromatic carbocycles. The Balaban J connectivity index is 1.70. The molecule has 3 aromatic rings. The van der Waals surface area contributed by atoms with Crippen molar-refractivity contribution in [1.82, 2.24) is 14.8 Å². The average Bonchev–Trinajstić information content (AvgIpc) is 3.04. The number of carbonyl (C=O) groups excluding carboxylic acids is 1. The highest BCUT2D eigenvalue weighted by Crippen LogP contribution is 2.22. The van der Waals surface area contributed by atoms with Gasteiger partial charge in [-0.1, -0.05) is 23.7 Å². The zero-order chi connectivity index (χ0) is 16.2. The van der Waals surface area contributed by atoms with E-state index in [1.807, 2.05) is 19.1 Å². The van der Waals surface area contributed by atoms with Crippen LogP contribution in [0.2, 0.25) is 5.02 Å². The third-order valence-electron chi connectivity index (χ3n) is 3.34. The summed E-state index contributed by atoms with van der Waals surface area (Å²) in [5, 5.41) is 4.66. The Labute approximate surface area is 138 Å². The maximum Gasteiger partial charge on any atom is 0.343 e. The lowest BCUT2D eigenvalue weighted by atomic mass is 10.1. The van der Waals surface area contributed by atoms with Gasteiger partial charge in [-0.2, -0.15) is 5.10 Å². The van der Waals surface area contributed by atoms with E-state index in [1.54, 1.807) is 41.3 Å². The molecule has 0 aliphatic carbocycles. The van der Waals surface area contributed by atoms with Gasteiger partial charge in [-0.05, 0) is 48.4 Å². The van der Waals surface area contributed by atoms with Crippen molar-refractivity contribution >= 4 is 17.6 Å². The third-order valence-corrected chi connectivity index (χ3v) is 3.58. The molecule has 0 saturated heterocycles. The van der Waals surface area contributed by atoms with Crippen molar-refractivity contribution in [2.45, 2.75) is 13.5 Å². The Morgan fingerprint density at radius 3 is 2.65 bits per heavy atom. The minimum absolute atomic E-state index is 0.400. The largest absolute Gasteiger partial charge is 0.423 e. The normalized spacial score (nSPS) is 10.5. The number of halogens is 1. The molecule has 23 heavy (non-hydrogen) atoms. The van der Waals surface area contributed by atoms with Crippen molar-refractivity contribution in [3.8, 4) is 5.75 Å². The highest BCUT2D eigenvalue weighted by molar-refractivity contribution is 6.30. The summed E-state index contributed by atoms with van der Waals surface area (Å²) in [6.45, 7) is 2.45. The number of aryl methyl sites for hydroxylation is 1. The predicted octanol–water partition coefficient (Wildman–Crippen LogP) is 3.51. The van der Waals surface area contributed by atoms with Gasteiger partial charge in [0.25, 0.3) is 0 Å². The first-order valence-electron chi connectivity index (χ1n) is 7.01. The smallest absolute Gasteiger partial charge is 0.343 e. The van der Waals surface area contributed by atoms with Gasteiger partial charge >= 0.3 is 5.97 Å². The molecule has 1 aromatic heterocycles. The molecule has 0 aliphatic rings. The van der Waals surface area contributed by atoms with Crippen LogP contribution in [-0.2, 0) is 6.54 Å². The van der Waals surface area contributed by atoms with Crippen LogP contribution in [0, 0.1) is 6.92 Å². The number of hydrogen-bond donors (Lipinski definition) is 0. The fraction of sp³-hybridized carbons (Fsp3) is 0.118. The second-order valence-electron chi connectivity index (χ2n) is 5.09. The summed E-state index contributed by atoms with van der Waals surface area (Å²) in [6.07, 6.45) is 3.13. The zero-order valence-corrected chi connectivity index (χ0v) is 13.2. The molecule has 0 amide bonds. The lowest BCUT2D eigenvalue weighted by Gasteiger charge is -2.08. The number of ether oxygens (including phenoxy) is 1. The minimum atomic E-state index is -0.400. The van der Waals surface area contributed by atoms with Crippen LogP contribution in [0.1, 0.15) is 21.5 Å². The average molecular weight is 328 g/mol. The lowest BCUT2D eigenvalue weighted by Crippen LogP contribution is -2.09. The summed E-state index contributed by atoms with van der Waals surface area (Å²) in [5.74, 6) is 0.105. The van der Waals surface area contributed by atoms with E-state index in [2.05, 4.69) is 10.1 Å². The van der Waals surface area contributed by atoms with Gasteiger partial charge in [0.05, 0.1) is 12.1 Å². The van der Waals surface area contributed by atoms with Gasteiger partial charge in [0, 0.05) is 5.02 Å². The molecule has 0 bridgehead atoms. The zero-order valence-electron chi connectivity index (χ0n) is 12.4. The number of carbonyl (C=O) groups is 1. The first kappa shape index (κ1) is 15.2. The van der Waals surface area contributed by atoms with E-state index >= 15 is 0 Å². The summed E-state index contributed by atoms with van der Waals surface area (Å²) in [5.41, 5.74) is 2.32. The van der Waals surface area contributed by atoms with Crippen LogP contribution in [-0.4, -0.2) is 20.7 Å². The molecule has 0 radical (unpaired) electrons. The van der Waals surface area contributed by atoms with Gasteiger partial charge in [0.15, 0.2) is 0 Å². The highest BCUT2D eigenvalue weighted by Gasteiger charge is 2.10. The maximum atomic E-state index is 12.2. The molecule has 6 heteroatoms. The van der Waals surface area contributed by atoms with Gasteiger partial charge in [-0.15, -0.1) is 0 Å². The minimum Gasteiger partial charge on any atom is -0.423 e. The van der Waals surface area contributed by atoms with Crippen LogP contribution in [0.3, 0.4) is 0 Å². The summed E-state index contributed by atoms with van der Waals surface area (Å²) in [6, 6.07) is 12.3.